The van der Waals surface area contributed by atoms with E-state index in [0.717, 1.165) is 6.07 Å². The van der Waals surface area contributed by atoms with Gasteiger partial charge in [0.1, 0.15) is 11.5 Å². The fourth-order valence-corrected chi connectivity index (χ4v) is 3.47. The number of carbonyl (C=O) groups is 2. The van der Waals surface area contributed by atoms with Crippen molar-refractivity contribution in [1.29, 1.82) is 0 Å². The molecule has 0 aliphatic heterocycles. The fraction of sp³-hybridized carbons (Fsp3) is 0.160. The standard InChI is InChI=1S/C25H22FN5O3/c1-15(2)14-31-25(34)18-8-4-3-7-17(18)22(30-31)24(33)29-21-13-16(26)10-11-19(21)28-23(32)20-9-5-6-12-27-20/h3-13,15H,14H2,1-2H3,(H,28,32)(H,29,33). The number of fused-ring (bicyclic) bond motifs is 1. The van der Waals surface area contributed by atoms with Crippen LogP contribution in [-0.2, 0) is 6.54 Å². The average Bonchev–Trinajstić information content (AvgIpc) is 2.83. The molecule has 2 amide bonds. The second kappa shape index (κ2) is 9.62. The minimum absolute atomic E-state index is 0.0158. The SMILES string of the molecule is CC(C)Cn1nc(C(=O)Nc2cc(F)ccc2NC(=O)c2ccccn2)c2ccccc2c1=O. The summed E-state index contributed by atoms with van der Waals surface area (Å²) in [6.07, 6.45) is 1.48. The summed E-state index contributed by atoms with van der Waals surface area (Å²) >= 11 is 0. The summed E-state index contributed by atoms with van der Waals surface area (Å²) in [5.74, 6) is -1.64. The Labute approximate surface area is 194 Å². The Morgan fingerprint density at radius 1 is 0.941 bits per heavy atom. The summed E-state index contributed by atoms with van der Waals surface area (Å²) in [5, 5.41) is 10.3. The maximum atomic E-state index is 14.0. The zero-order valence-corrected chi connectivity index (χ0v) is 18.6. The molecule has 0 saturated heterocycles. The lowest BCUT2D eigenvalue weighted by Crippen LogP contribution is -2.29. The molecule has 0 spiro atoms. The van der Waals surface area contributed by atoms with Gasteiger partial charge in [0.2, 0.25) is 0 Å². The van der Waals surface area contributed by atoms with Crippen molar-refractivity contribution in [2.45, 2.75) is 20.4 Å². The first-order valence-electron chi connectivity index (χ1n) is 10.7. The van der Waals surface area contributed by atoms with E-state index in [1.54, 1.807) is 36.4 Å². The zero-order chi connectivity index (χ0) is 24.2. The van der Waals surface area contributed by atoms with E-state index in [9.17, 15) is 18.8 Å². The maximum Gasteiger partial charge on any atom is 0.276 e. The number of pyridine rings is 1. The molecule has 0 fully saturated rings. The van der Waals surface area contributed by atoms with Gasteiger partial charge in [-0.15, -0.1) is 0 Å². The Morgan fingerprint density at radius 3 is 2.35 bits per heavy atom. The molecule has 0 bridgehead atoms. The molecule has 0 saturated carbocycles. The number of nitrogens with zero attached hydrogens (tertiary/aromatic N) is 3. The van der Waals surface area contributed by atoms with Crippen LogP contribution in [0, 0.1) is 11.7 Å². The molecule has 4 aromatic rings. The minimum atomic E-state index is -0.646. The van der Waals surface area contributed by atoms with Crippen molar-refractivity contribution < 1.29 is 14.0 Å². The predicted octanol–water partition coefficient (Wildman–Crippen LogP) is 4.09. The number of hydrogen-bond donors (Lipinski definition) is 2. The molecule has 9 heteroatoms. The van der Waals surface area contributed by atoms with E-state index >= 15 is 0 Å². The van der Waals surface area contributed by atoms with Gasteiger partial charge < -0.3 is 10.6 Å². The molecule has 0 aliphatic carbocycles. The number of rotatable bonds is 6. The highest BCUT2D eigenvalue weighted by Crippen LogP contribution is 2.25. The van der Waals surface area contributed by atoms with Gasteiger partial charge in [0.05, 0.1) is 16.8 Å². The van der Waals surface area contributed by atoms with Crippen LogP contribution in [0.25, 0.3) is 10.8 Å². The Morgan fingerprint density at radius 2 is 1.65 bits per heavy atom. The highest BCUT2D eigenvalue weighted by atomic mass is 19.1. The van der Waals surface area contributed by atoms with Crippen LogP contribution in [-0.4, -0.2) is 26.6 Å². The van der Waals surface area contributed by atoms with Gasteiger partial charge in [0.15, 0.2) is 5.69 Å². The summed E-state index contributed by atoms with van der Waals surface area (Å²) in [4.78, 5) is 42.6. The number of hydrogen-bond acceptors (Lipinski definition) is 5. The van der Waals surface area contributed by atoms with Gasteiger partial charge in [0, 0.05) is 18.1 Å². The van der Waals surface area contributed by atoms with Gasteiger partial charge in [-0.1, -0.05) is 38.1 Å². The van der Waals surface area contributed by atoms with E-state index in [0.29, 0.717) is 17.3 Å². The number of amides is 2. The van der Waals surface area contributed by atoms with Crippen LogP contribution in [0.1, 0.15) is 34.8 Å². The largest absolute Gasteiger partial charge is 0.319 e. The molecule has 34 heavy (non-hydrogen) atoms. The summed E-state index contributed by atoms with van der Waals surface area (Å²) in [7, 11) is 0. The van der Waals surface area contributed by atoms with Crippen molar-refractivity contribution in [3.63, 3.8) is 0 Å². The van der Waals surface area contributed by atoms with Gasteiger partial charge in [0.25, 0.3) is 17.4 Å². The van der Waals surface area contributed by atoms with Gasteiger partial charge in [-0.05, 0) is 42.3 Å². The molecule has 2 N–H and O–H groups in total. The molecule has 172 valence electrons. The van der Waals surface area contributed by atoms with E-state index in [1.165, 1.54) is 29.1 Å². The summed E-state index contributed by atoms with van der Waals surface area (Å²) in [5.41, 5.74) is 0.113. The van der Waals surface area contributed by atoms with Gasteiger partial charge >= 0.3 is 0 Å². The third-order valence-corrected chi connectivity index (χ3v) is 5.00. The number of nitrogens with one attached hydrogen (secondary N) is 2. The number of carbonyl (C=O) groups excluding carboxylic acids is 2. The molecule has 0 aliphatic rings. The van der Waals surface area contributed by atoms with Crippen LogP contribution in [0.15, 0.2) is 71.7 Å². The first-order chi connectivity index (χ1) is 16.3. The van der Waals surface area contributed by atoms with Crippen LogP contribution < -0.4 is 16.2 Å². The first kappa shape index (κ1) is 22.8. The Balaban J connectivity index is 1.71. The van der Waals surface area contributed by atoms with E-state index < -0.39 is 17.6 Å². The fourth-order valence-electron chi connectivity index (χ4n) is 3.47. The second-order valence-electron chi connectivity index (χ2n) is 8.09. The number of anilines is 2. The molecular weight excluding hydrogens is 437 g/mol. The van der Waals surface area contributed by atoms with E-state index in [2.05, 4.69) is 20.7 Å². The van der Waals surface area contributed by atoms with E-state index in [4.69, 9.17) is 0 Å². The monoisotopic (exact) mass is 459 g/mol. The highest BCUT2D eigenvalue weighted by Gasteiger charge is 2.19. The van der Waals surface area contributed by atoms with Crippen LogP contribution in [0.2, 0.25) is 0 Å². The lowest BCUT2D eigenvalue weighted by atomic mass is 10.1. The Bertz CT molecular complexity index is 1430. The van der Waals surface area contributed by atoms with Gasteiger partial charge in [-0.25, -0.2) is 9.07 Å². The number of aromatic nitrogens is 3. The molecule has 4 rings (SSSR count). The summed E-state index contributed by atoms with van der Waals surface area (Å²) < 4.78 is 15.3. The quantitative estimate of drug-likeness (QED) is 0.452. The number of halogens is 1. The summed E-state index contributed by atoms with van der Waals surface area (Å²) in [6.45, 7) is 4.20. The molecule has 2 aromatic heterocycles. The van der Waals surface area contributed by atoms with Crippen molar-refractivity contribution in [2.75, 3.05) is 10.6 Å². The molecule has 8 nitrogen and oxygen atoms in total. The Kier molecular flexibility index (Phi) is 6.44. The average molecular weight is 459 g/mol. The predicted molar refractivity (Wildman–Crippen MR) is 127 cm³/mol. The van der Waals surface area contributed by atoms with Crippen molar-refractivity contribution >= 4 is 34.0 Å². The molecule has 2 aromatic carbocycles. The van der Waals surface area contributed by atoms with Gasteiger partial charge in [-0.3, -0.25) is 19.4 Å². The smallest absolute Gasteiger partial charge is 0.276 e. The van der Waals surface area contributed by atoms with Gasteiger partial charge in [-0.2, -0.15) is 5.10 Å². The van der Waals surface area contributed by atoms with Crippen LogP contribution in [0.4, 0.5) is 15.8 Å². The molecule has 0 atom stereocenters. The van der Waals surface area contributed by atoms with Crippen molar-refractivity contribution in [3.05, 3.63) is 94.4 Å². The zero-order valence-electron chi connectivity index (χ0n) is 18.6. The van der Waals surface area contributed by atoms with E-state index in [1.807, 2.05) is 13.8 Å². The first-order valence-corrected chi connectivity index (χ1v) is 10.7. The van der Waals surface area contributed by atoms with Crippen LogP contribution in [0.3, 0.4) is 0 Å². The lowest BCUT2D eigenvalue weighted by Gasteiger charge is -2.15. The van der Waals surface area contributed by atoms with Crippen LogP contribution >= 0.6 is 0 Å². The maximum absolute atomic E-state index is 14.0. The Hall–Kier alpha value is -4.40. The third kappa shape index (κ3) is 4.83. The van der Waals surface area contributed by atoms with Crippen molar-refractivity contribution in [2.24, 2.45) is 5.92 Å². The second-order valence-corrected chi connectivity index (χ2v) is 8.09. The normalized spacial score (nSPS) is 10.9. The highest BCUT2D eigenvalue weighted by molar-refractivity contribution is 6.13. The third-order valence-electron chi connectivity index (χ3n) is 5.00. The van der Waals surface area contributed by atoms with Crippen molar-refractivity contribution in [3.8, 4) is 0 Å². The molecule has 2 heterocycles. The summed E-state index contributed by atoms with van der Waals surface area (Å²) in [6, 6.07) is 15.2. The number of benzene rings is 2. The van der Waals surface area contributed by atoms with Crippen molar-refractivity contribution in [1.82, 2.24) is 14.8 Å². The van der Waals surface area contributed by atoms with Crippen LogP contribution in [0.5, 0.6) is 0 Å². The minimum Gasteiger partial charge on any atom is -0.319 e. The molecule has 0 unspecified atom stereocenters. The lowest BCUT2D eigenvalue weighted by molar-refractivity contribution is 0.101. The van der Waals surface area contributed by atoms with E-state index in [-0.39, 0.29) is 34.2 Å². The molecule has 0 radical (unpaired) electrons. The topological polar surface area (TPSA) is 106 Å². The molecular formula is C25H22FN5O3.